The van der Waals surface area contributed by atoms with Crippen LogP contribution in [0.25, 0.3) is 6.08 Å². The molecule has 0 aliphatic carbocycles. The Labute approximate surface area is 120 Å². The number of benzene rings is 1. The summed E-state index contributed by atoms with van der Waals surface area (Å²) < 4.78 is 15.9. The average molecular weight is 278 g/mol. The van der Waals surface area contributed by atoms with Crippen molar-refractivity contribution in [2.45, 2.75) is 33.3 Å². The average Bonchev–Trinajstić information content (AvgIpc) is 2.36. The van der Waals surface area contributed by atoms with Gasteiger partial charge in [0.1, 0.15) is 5.60 Å². The maximum absolute atomic E-state index is 11.6. The summed E-state index contributed by atoms with van der Waals surface area (Å²) in [7, 11) is 1.58. The first-order valence-corrected chi connectivity index (χ1v) is 6.57. The minimum Gasteiger partial charge on any atom is -0.493 e. The van der Waals surface area contributed by atoms with Gasteiger partial charge in [0.05, 0.1) is 13.7 Å². The lowest BCUT2D eigenvalue weighted by Crippen LogP contribution is -2.22. The van der Waals surface area contributed by atoms with Gasteiger partial charge in [-0.25, -0.2) is 4.79 Å². The Kier molecular flexibility index (Phi) is 5.62. The van der Waals surface area contributed by atoms with Crippen LogP contribution in [0.3, 0.4) is 0 Å². The Bertz CT molecular complexity index is 484. The van der Waals surface area contributed by atoms with Crippen LogP contribution in [0.2, 0.25) is 0 Å². The van der Waals surface area contributed by atoms with E-state index in [1.165, 1.54) is 6.08 Å². The van der Waals surface area contributed by atoms with Crippen molar-refractivity contribution in [2.75, 3.05) is 13.7 Å². The molecule has 1 aromatic rings. The summed E-state index contributed by atoms with van der Waals surface area (Å²) >= 11 is 0. The van der Waals surface area contributed by atoms with Crippen molar-refractivity contribution < 1.29 is 19.0 Å². The van der Waals surface area contributed by atoms with Crippen molar-refractivity contribution in [1.29, 1.82) is 0 Å². The van der Waals surface area contributed by atoms with Gasteiger partial charge in [0, 0.05) is 6.08 Å². The van der Waals surface area contributed by atoms with Crippen LogP contribution in [0.5, 0.6) is 11.5 Å². The van der Waals surface area contributed by atoms with Crippen LogP contribution in [0.15, 0.2) is 24.3 Å². The smallest absolute Gasteiger partial charge is 0.331 e. The van der Waals surface area contributed by atoms with Gasteiger partial charge in [0.25, 0.3) is 0 Å². The SMILES string of the molecule is CCOc1ccc(/C=C/C(=O)OC(C)(C)C)cc1OC. The third-order valence-electron chi connectivity index (χ3n) is 2.31. The highest BCUT2D eigenvalue weighted by Crippen LogP contribution is 2.28. The number of hydrogen-bond acceptors (Lipinski definition) is 4. The molecule has 20 heavy (non-hydrogen) atoms. The van der Waals surface area contributed by atoms with Gasteiger partial charge in [0.15, 0.2) is 11.5 Å². The molecule has 1 rings (SSSR count). The number of carbonyl (C=O) groups excluding carboxylic acids is 1. The van der Waals surface area contributed by atoms with Gasteiger partial charge in [-0.15, -0.1) is 0 Å². The maximum Gasteiger partial charge on any atom is 0.331 e. The first-order chi connectivity index (χ1) is 9.35. The van der Waals surface area contributed by atoms with Crippen LogP contribution in [0.4, 0.5) is 0 Å². The molecule has 0 atom stereocenters. The zero-order chi connectivity index (χ0) is 15.2. The van der Waals surface area contributed by atoms with E-state index in [1.54, 1.807) is 13.2 Å². The second kappa shape index (κ2) is 6.98. The minimum absolute atomic E-state index is 0.370. The van der Waals surface area contributed by atoms with E-state index >= 15 is 0 Å². The number of esters is 1. The molecule has 0 unspecified atom stereocenters. The van der Waals surface area contributed by atoms with Crippen LogP contribution in [0.1, 0.15) is 33.3 Å². The number of hydrogen-bond donors (Lipinski definition) is 0. The molecule has 110 valence electrons. The highest BCUT2D eigenvalue weighted by Gasteiger charge is 2.13. The zero-order valence-electron chi connectivity index (χ0n) is 12.7. The largest absolute Gasteiger partial charge is 0.493 e. The third-order valence-corrected chi connectivity index (χ3v) is 2.31. The zero-order valence-corrected chi connectivity index (χ0v) is 12.7. The second-order valence-electron chi connectivity index (χ2n) is 5.21. The second-order valence-corrected chi connectivity index (χ2v) is 5.21. The Morgan fingerprint density at radius 1 is 1.25 bits per heavy atom. The molecule has 0 heterocycles. The molecule has 0 spiro atoms. The summed E-state index contributed by atoms with van der Waals surface area (Å²) in [6.07, 6.45) is 3.09. The number of carbonyl (C=O) groups is 1. The van der Waals surface area contributed by atoms with Crippen LogP contribution < -0.4 is 9.47 Å². The van der Waals surface area contributed by atoms with Gasteiger partial charge in [-0.2, -0.15) is 0 Å². The molecule has 4 nitrogen and oxygen atoms in total. The topological polar surface area (TPSA) is 44.8 Å². The summed E-state index contributed by atoms with van der Waals surface area (Å²) in [4.78, 5) is 11.6. The van der Waals surface area contributed by atoms with E-state index in [0.717, 1.165) is 5.56 Å². The van der Waals surface area contributed by atoms with Crippen molar-refractivity contribution in [2.24, 2.45) is 0 Å². The normalized spacial score (nSPS) is 11.4. The lowest BCUT2D eigenvalue weighted by Gasteiger charge is -2.17. The molecule has 0 saturated heterocycles. The van der Waals surface area contributed by atoms with E-state index < -0.39 is 5.60 Å². The van der Waals surface area contributed by atoms with Crippen LogP contribution in [-0.4, -0.2) is 25.3 Å². The first kappa shape index (κ1) is 16.1. The van der Waals surface area contributed by atoms with E-state index in [1.807, 2.05) is 45.9 Å². The van der Waals surface area contributed by atoms with E-state index in [0.29, 0.717) is 18.1 Å². The lowest BCUT2D eigenvalue weighted by atomic mass is 10.2. The summed E-state index contributed by atoms with van der Waals surface area (Å²) in [6.45, 7) is 7.98. The standard InChI is InChI=1S/C16H22O4/c1-6-19-13-9-7-12(11-14(13)18-5)8-10-15(17)20-16(2,3)4/h7-11H,6H2,1-5H3/b10-8+. The lowest BCUT2D eigenvalue weighted by molar-refractivity contribution is -0.148. The molecule has 0 amide bonds. The summed E-state index contributed by atoms with van der Waals surface area (Å²) in [5.74, 6) is 0.952. The molecular weight excluding hydrogens is 256 g/mol. The fourth-order valence-electron chi connectivity index (χ4n) is 1.56. The molecule has 0 fully saturated rings. The van der Waals surface area contributed by atoms with Crippen molar-refractivity contribution in [3.05, 3.63) is 29.8 Å². The van der Waals surface area contributed by atoms with Crippen molar-refractivity contribution in [3.8, 4) is 11.5 Å². The Morgan fingerprint density at radius 3 is 2.50 bits per heavy atom. The fraction of sp³-hybridized carbons (Fsp3) is 0.438. The summed E-state index contributed by atoms with van der Waals surface area (Å²) in [6, 6.07) is 5.48. The van der Waals surface area contributed by atoms with Gasteiger partial charge in [-0.3, -0.25) is 0 Å². The fourth-order valence-corrected chi connectivity index (χ4v) is 1.56. The molecule has 1 aromatic carbocycles. The number of rotatable bonds is 5. The van der Waals surface area contributed by atoms with E-state index in [2.05, 4.69) is 0 Å². The maximum atomic E-state index is 11.6. The van der Waals surface area contributed by atoms with Crippen LogP contribution in [-0.2, 0) is 9.53 Å². The Balaban J connectivity index is 2.80. The van der Waals surface area contributed by atoms with Crippen molar-refractivity contribution in [1.82, 2.24) is 0 Å². The van der Waals surface area contributed by atoms with Crippen molar-refractivity contribution in [3.63, 3.8) is 0 Å². The van der Waals surface area contributed by atoms with Gasteiger partial charge in [-0.05, 0) is 51.5 Å². The number of methoxy groups -OCH3 is 1. The van der Waals surface area contributed by atoms with Crippen molar-refractivity contribution >= 4 is 12.0 Å². The quantitative estimate of drug-likeness (QED) is 0.611. The van der Waals surface area contributed by atoms with Crippen LogP contribution >= 0.6 is 0 Å². The van der Waals surface area contributed by atoms with Gasteiger partial charge >= 0.3 is 5.97 Å². The molecular formula is C16H22O4. The molecule has 0 radical (unpaired) electrons. The van der Waals surface area contributed by atoms with E-state index in [-0.39, 0.29) is 5.97 Å². The predicted octanol–water partition coefficient (Wildman–Crippen LogP) is 3.45. The van der Waals surface area contributed by atoms with Gasteiger partial charge in [-0.1, -0.05) is 6.07 Å². The molecule has 0 aromatic heterocycles. The third kappa shape index (κ3) is 5.34. The molecule has 0 bridgehead atoms. The van der Waals surface area contributed by atoms with Gasteiger partial charge < -0.3 is 14.2 Å². The highest BCUT2D eigenvalue weighted by molar-refractivity contribution is 5.87. The Hall–Kier alpha value is -1.97. The van der Waals surface area contributed by atoms with E-state index in [4.69, 9.17) is 14.2 Å². The van der Waals surface area contributed by atoms with Gasteiger partial charge in [0.2, 0.25) is 0 Å². The molecule has 0 saturated carbocycles. The Morgan fingerprint density at radius 2 is 1.95 bits per heavy atom. The predicted molar refractivity (Wildman–Crippen MR) is 79.0 cm³/mol. The summed E-state index contributed by atoms with van der Waals surface area (Å²) in [5, 5.41) is 0. The number of ether oxygens (including phenoxy) is 3. The molecule has 0 aliphatic heterocycles. The van der Waals surface area contributed by atoms with Crippen LogP contribution in [0, 0.1) is 0 Å². The monoisotopic (exact) mass is 278 g/mol. The highest BCUT2D eigenvalue weighted by atomic mass is 16.6. The minimum atomic E-state index is -0.488. The first-order valence-electron chi connectivity index (χ1n) is 6.57. The van der Waals surface area contributed by atoms with E-state index in [9.17, 15) is 4.79 Å². The molecule has 0 N–H and O–H groups in total. The molecule has 4 heteroatoms. The molecule has 0 aliphatic rings. The summed E-state index contributed by atoms with van der Waals surface area (Å²) in [5.41, 5.74) is 0.356.